The normalized spacial score (nSPS) is 12.1. The van der Waals surface area contributed by atoms with E-state index in [2.05, 4.69) is 49.3 Å². The Morgan fingerprint density at radius 2 is 2.07 bits per heavy atom. The van der Waals surface area contributed by atoms with Crippen molar-refractivity contribution < 1.29 is 0 Å². The minimum Gasteiger partial charge on any atom is -0.360 e. The number of nitrogens with zero attached hydrogens (tertiary/aromatic N) is 2. The lowest BCUT2D eigenvalue weighted by Crippen LogP contribution is -2.21. The van der Waals surface area contributed by atoms with Crippen molar-refractivity contribution in [2.75, 3.05) is 11.9 Å². The third-order valence-corrected chi connectivity index (χ3v) is 3.32. The Morgan fingerprint density at radius 3 is 2.53 bits per heavy atom. The van der Waals surface area contributed by atoms with Gasteiger partial charge in [-0.2, -0.15) is 4.37 Å². The fourth-order valence-electron chi connectivity index (χ4n) is 0.981. The van der Waals surface area contributed by atoms with Crippen LogP contribution in [-0.4, -0.2) is 15.9 Å². The summed E-state index contributed by atoms with van der Waals surface area (Å²) in [5.74, 6) is 1.35. The Bertz CT molecular complexity index is 305. The van der Waals surface area contributed by atoms with E-state index in [1.165, 1.54) is 11.5 Å². The van der Waals surface area contributed by atoms with Crippen molar-refractivity contribution in [3.8, 4) is 0 Å². The Kier molecular flexibility index (Phi) is 4.08. The van der Waals surface area contributed by atoms with Crippen LogP contribution in [0.25, 0.3) is 0 Å². The zero-order valence-corrected chi connectivity index (χ0v) is 11.1. The lowest BCUT2D eigenvalue weighted by Gasteiger charge is -2.22. The lowest BCUT2D eigenvalue weighted by atomic mass is 9.90. The third-order valence-electron chi connectivity index (χ3n) is 2.63. The van der Waals surface area contributed by atoms with E-state index in [0.29, 0.717) is 11.3 Å². The smallest absolute Gasteiger partial charge is 0.202 e. The maximum absolute atomic E-state index is 4.44. The standard InChI is InChI=1S/C11H21N3S/c1-6-11(4,5)7-12-10-13-9(8(2)3)14-15-10/h8H,6-7H2,1-5H3,(H,12,13,14). The predicted octanol–water partition coefficient (Wildman–Crippen LogP) is 3.51. The molecule has 0 spiro atoms. The molecule has 4 heteroatoms. The maximum atomic E-state index is 4.44. The molecule has 0 aromatic carbocycles. The van der Waals surface area contributed by atoms with E-state index < -0.39 is 0 Å². The van der Waals surface area contributed by atoms with E-state index in [1.54, 1.807) is 0 Å². The van der Waals surface area contributed by atoms with E-state index in [9.17, 15) is 0 Å². The van der Waals surface area contributed by atoms with E-state index in [1.807, 2.05) is 0 Å². The predicted molar refractivity (Wildman–Crippen MR) is 66.6 cm³/mol. The molecule has 0 aliphatic rings. The Hall–Kier alpha value is -0.640. The molecule has 0 aliphatic heterocycles. The van der Waals surface area contributed by atoms with E-state index in [4.69, 9.17) is 0 Å². The first kappa shape index (κ1) is 12.4. The van der Waals surface area contributed by atoms with Crippen LogP contribution >= 0.6 is 11.5 Å². The molecule has 0 aliphatic carbocycles. The minimum atomic E-state index is 0.323. The number of aromatic nitrogens is 2. The topological polar surface area (TPSA) is 37.8 Å². The Balaban J connectivity index is 2.51. The summed E-state index contributed by atoms with van der Waals surface area (Å²) < 4.78 is 4.31. The summed E-state index contributed by atoms with van der Waals surface area (Å²) in [4.78, 5) is 4.44. The number of anilines is 1. The third kappa shape index (κ3) is 3.78. The highest BCUT2D eigenvalue weighted by Gasteiger charge is 2.15. The highest BCUT2D eigenvalue weighted by molar-refractivity contribution is 7.09. The van der Waals surface area contributed by atoms with Crippen LogP contribution in [0.1, 0.15) is 52.8 Å². The average Bonchev–Trinajstić information content (AvgIpc) is 2.63. The zero-order valence-electron chi connectivity index (χ0n) is 10.3. The molecule has 3 nitrogen and oxygen atoms in total. The number of hydrogen-bond acceptors (Lipinski definition) is 4. The van der Waals surface area contributed by atoms with Crippen LogP contribution in [0.15, 0.2) is 0 Å². The van der Waals surface area contributed by atoms with Crippen molar-refractivity contribution in [3.05, 3.63) is 5.82 Å². The Morgan fingerprint density at radius 1 is 1.40 bits per heavy atom. The summed E-state index contributed by atoms with van der Waals surface area (Å²) >= 11 is 1.46. The Labute approximate surface area is 96.5 Å². The second kappa shape index (κ2) is 4.92. The van der Waals surface area contributed by atoms with Crippen molar-refractivity contribution in [1.82, 2.24) is 9.36 Å². The lowest BCUT2D eigenvalue weighted by molar-refractivity contribution is 0.377. The summed E-state index contributed by atoms with van der Waals surface area (Å²) in [6.07, 6.45) is 1.16. The van der Waals surface area contributed by atoms with Crippen LogP contribution in [0.2, 0.25) is 0 Å². The second-order valence-corrected chi connectivity index (χ2v) is 5.74. The highest BCUT2D eigenvalue weighted by Crippen LogP contribution is 2.22. The molecule has 0 bridgehead atoms. The first-order chi connectivity index (χ1) is 6.94. The quantitative estimate of drug-likeness (QED) is 0.836. The molecule has 86 valence electrons. The summed E-state index contributed by atoms with van der Waals surface area (Å²) in [5.41, 5.74) is 0.323. The van der Waals surface area contributed by atoms with Crippen molar-refractivity contribution in [3.63, 3.8) is 0 Å². The van der Waals surface area contributed by atoms with Gasteiger partial charge < -0.3 is 5.32 Å². The summed E-state index contributed by atoms with van der Waals surface area (Å²) in [6, 6.07) is 0. The molecule has 0 saturated heterocycles. The SMILES string of the molecule is CCC(C)(C)CNc1nc(C(C)C)ns1. The molecule has 1 heterocycles. The van der Waals surface area contributed by atoms with Gasteiger partial charge in [0.25, 0.3) is 0 Å². The molecular formula is C11H21N3S. The minimum absolute atomic E-state index is 0.323. The van der Waals surface area contributed by atoms with Gasteiger partial charge in [-0.3, -0.25) is 0 Å². The summed E-state index contributed by atoms with van der Waals surface area (Å²) in [7, 11) is 0. The molecule has 0 fully saturated rings. The molecule has 0 amide bonds. The van der Waals surface area contributed by atoms with Crippen LogP contribution in [0.3, 0.4) is 0 Å². The fraction of sp³-hybridized carbons (Fsp3) is 0.818. The summed E-state index contributed by atoms with van der Waals surface area (Å²) in [6.45, 7) is 11.9. The van der Waals surface area contributed by atoms with Gasteiger partial charge in [-0.25, -0.2) is 4.98 Å². The molecule has 1 aromatic rings. The second-order valence-electron chi connectivity index (χ2n) is 4.98. The number of rotatable bonds is 5. The van der Waals surface area contributed by atoms with Crippen molar-refractivity contribution in [2.45, 2.75) is 47.0 Å². The van der Waals surface area contributed by atoms with Gasteiger partial charge in [-0.05, 0) is 11.8 Å². The van der Waals surface area contributed by atoms with Crippen molar-refractivity contribution in [2.24, 2.45) is 5.41 Å². The number of nitrogens with one attached hydrogen (secondary N) is 1. The van der Waals surface area contributed by atoms with Crippen molar-refractivity contribution in [1.29, 1.82) is 0 Å². The molecule has 0 unspecified atom stereocenters. The molecule has 15 heavy (non-hydrogen) atoms. The van der Waals surface area contributed by atoms with Gasteiger partial charge in [0.15, 0.2) is 0 Å². The van der Waals surface area contributed by atoms with Crippen LogP contribution in [-0.2, 0) is 0 Å². The molecule has 0 radical (unpaired) electrons. The molecule has 0 atom stereocenters. The van der Waals surface area contributed by atoms with Gasteiger partial charge in [0, 0.05) is 24.0 Å². The van der Waals surface area contributed by atoms with Gasteiger partial charge in [0.2, 0.25) is 5.13 Å². The fourth-order valence-corrected chi connectivity index (χ4v) is 1.68. The van der Waals surface area contributed by atoms with Crippen LogP contribution in [0.5, 0.6) is 0 Å². The molecule has 1 aromatic heterocycles. The monoisotopic (exact) mass is 227 g/mol. The van der Waals surface area contributed by atoms with E-state index in [-0.39, 0.29) is 0 Å². The maximum Gasteiger partial charge on any atom is 0.202 e. The molecule has 1 N–H and O–H groups in total. The zero-order chi connectivity index (χ0) is 11.5. The van der Waals surface area contributed by atoms with E-state index in [0.717, 1.165) is 23.9 Å². The highest BCUT2D eigenvalue weighted by atomic mass is 32.1. The van der Waals surface area contributed by atoms with Gasteiger partial charge >= 0.3 is 0 Å². The molecular weight excluding hydrogens is 206 g/mol. The van der Waals surface area contributed by atoms with Gasteiger partial charge in [0.1, 0.15) is 5.82 Å². The first-order valence-corrected chi connectivity index (χ1v) is 6.29. The van der Waals surface area contributed by atoms with Gasteiger partial charge in [-0.15, -0.1) is 0 Å². The first-order valence-electron chi connectivity index (χ1n) is 5.52. The van der Waals surface area contributed by atoms with Gasteiger partial charge in [-0.1, -0.05) is 34.6 Å². The largest absolute Gasteiger partial charge is 0.360 e. The average molecular weight is 227 g/mol. The molecule has 0 saturated carbocycles. The number of hydrogen-bond donors (Lipinski definition) is 1. The van der Waals surface area contributed by atoms with Crippen LogP contribution in [0, 0.1) is 5.41 Å². The molecule has 1 rings (SSSR count). The van der Waals surface area contributed by atoms with Crippen molar-refractivity contribution >= 4 is 16.7 Å². The van der Waals surface area contributed by atoms with E-state index >= 15 is 0 Å². The summed E-state index contributed by atoms with van der Waals surface area (Å²) in [5, 5.41) is 4.30. The van der Waals surface area contributed by atoms with Crippen LogP contribution in [0.4, 0.5) is 5.13 Å². The van der Waals surface area contributed by atoms with Gasteiger partial charge in [0.05, 0.1) is 0 Å². The van der Waals surface area contributed by atoms with Crippen LogP contribution < -0.4 is 5.32 Å².